The number of rotatable bonds is 8. The molecule has 0 radical (unpaired) electrons. The molecule has 1 heterocycles. The highest BCUT2D eigenvalue weighted by Gasteiger charge is 2.06. The molecule has 1 N–H and O–H groups in total. The van der Waals surface area contributed by atoms with E-state index in [0.717, 1.165) is 18.4 Å². The van der Waals surface area contributed by atoms with Gasteiger partial charge in [0, 0.05) is 25.4 Å². The third-order valence-electron chi connectivity index (χ3n) is 4.56. The molecule has 0 unspecified atom stereocenters. The van der Waals surface area contributed by atoms with Crippen LogP contribution in [0.25, 0.3) is 0 Å². The molecule has 4 nitrogen and oxygen atoms in total. The average Bonchev–Trinajstić information content (AvgIpc) is 3.19. The summed E-state index contributed by atoms with van der Waals surface area (Å²) in [6.45, 7) is 3.40. The summed E-state index contributed by atoms with van der Waals surface area (Å²) in [5, 5.41) is 7.30. The van der Waals surface area contributed by atoms with Gasteiger partial charge in [-0.1, -0.05) is 55.5 Å². The fraction of sp³-hybridized carbons (Fsp3) is 0.273. The van der Waals surface area contributed by atoms with Crippen LogP contribution in [0.1, 0.15) is 35.6 Å². The van der Waals surface area contributed by atoms with Crippen molar-refractivity contribution in [3.05, 3.63) is 89.2 Å². The van der Waals surface area contributed by atoms with Crippen LogP contribution in [0.3, 0.4) is 0 Å². The Hall–Kier alpha value is -2.88. The van der Waals surface area contributed by atoms with E-state index >= 15 is 0 Å². The maximum absolute atomic E-state index is 12.2. The number of hydrogen-bond donors (Lipinski definition) is 1. The zero-order chi connectivity index (χ0) is 18.2. The molecule has 2 aromatic carbocycles. The minimum Gasteiger partial charge on any atom is -0.352 e. The molecule has 0 aliphatic rings. The van der Waals surface area contributed by atoms with Gasteiger partial charge in [-0.3, -0.25) is 9.48 Å². The van der Waals surface area contributed by atoms with Crippen LogP contribution >= 0.6 is 0 Å². The highest BCUT2D eigenvalue weighted by atomic mass is 16.1. The first-order chi connectivity index (χ1) is 12.7. The Morgan fingerprint density at radius 2 is 1.73 bits per heavy atom. The predicted octanol–water partition coefficient (Wildman–Crippen LogP) is 3.74. The fourth-order valence-corrected chi connectivity index (χ4v) is 2.93. The standard InChI is InChI=1S/C22H25N3O/c1-2-18-8-10-19(11-9-18)12-13-22(26)23-16-20-6-3-4-7-21(20)17-25-15-5-14-24-25/h3-11,14-15H,2,12-13,16-17H2,1H3,(H,23,26). The van der Waals surface area contributed by atoms with Crippen LogP contribution in [0.5, 0.6) is 0 Å². The summed E-state index contributed by atoms with van der Waals surface area (Å²) < 4.78 is 1.89. The smallest absolute Gasteiger partial charge is 0.220 e. The van der Waals surface area contributed by atoms with Crippen LogP contribution in [0, 0.1) is 0 Å². The van der Waals surface area contributed by atoms with E-state index in [1.165, 1.54) is 16.7 Å². The molecule has 0 saturated heterocycles. The van der Waals surface area contributed by atoms with Gasteiger partial charge < -0.3 is 5.32 Å². The highest BCUT2D eigenvalue weighted by molar-refractivity contribution is 5.76. The van der Waals surface area contributed by atoms with Gasteiger partial charge in [0.25, 0.3) is 0 Å². The molecule has 26 heavy (non-hydrogen) atoms. The molecule has 4 heteroatoms. The second-order valence-electron chi connectivity index (χ2n) is 6.42. The van der Waals surface area contributed by atoms with E-state index in [4.69, 9.17) is 0 Å². The number of carbonyl (C=O) groups excluding carboxylic acids is 1. The van der Waals surface area contributed by atoms with E-state index < -0.39 is 0 Å². The maximum Gasteiger partial charge on any atom is 0.220 e. The van der Waals surface area contributed by atoms with Crippen LogP contribution in [0.4, 0.5) is 0 Å². The molecule has 0 aliphatic carbocycles. The van der Waals surface area contributed by atoms with Crippen molar-refractivity contribution in [2.24, 2.45) is 0 Å². The second-order valence-corrected chi connectivity index (χ2v) is 6.42. The molecule has 3 aromatic rings. The van der Waals surface area contributed by atoms with Crippen molar-refractivity contribution >= 4 is 5.91 Å². The number of nitrogens with zero attached hydrogens (tertiary/aromatic N) is 2. The number of aryl methyl sites for hydroxylation is 2. The minimum absolute atomic E-state index is 0.0819. The molecule has 1 amide bonds. The molecule has 0 aliphatic heterocycles. The van der Waals surface area contributed by atoms with E-state index in [0.29, 0.717) is 19.5 Å². The first-order valence-corrected chi connectivity index (χ1v) is 9.13. The summed E-state index contributed by atoms with van der Waals surface area (Å²) >= 11 is 0. The molecule has 1 aromatic heterocycles. The average molecular weight is 347 g/mol. The Balaban J connectivity index is 1.51. The topological polar surface area (TPSA) is 46.9 Å². The van der Waals surface area contributed by atoms with Crippen molar-refractivity contribution in [3.8, 4) is 0 Å². The van der Waals surface area contributed by atoms with Gasteiger partial charge in [0.05, 0.1) is 6.54 Å². The molecule has 3 rings (SSSR count). The lowest BCUT2D eigenvalue weighted by atomic mass is 10.1. The minimum atomic E-state index is 0.0819. The van der Waals surface area contributed by atoms with Gasteiger partial charge in [-0.15, -0.1) is 0 Å². The van der Waals surface area contributed by atoms with Crippen molar-refractivity contribution in [1.82, 2.24) is 15.1 Å². The monoisotopic (exact) mass is 347 g/mol. The van der Waals surface area contributed by atoms with Gasteiger partial charge >= 0.3 is 0 Å². The normalized spacial score (nSPS) is 10.7. The second kappa shape index (κ2) is 8.99. The summed E-state index contributed by atoms with van der Waals surface area (Å²) in [5.74, 6) is 0.0819. The van der Waals surface area contributed by atoms with E-state index in [-0.39, 0.29) is 5.91 Å². The fourth-order valence-electron chi connectivity index (χ4n) is 2.93. The molecule has 0 atom stereocenters. The predicted molar refractivity (Wildman–Crippen MR) is 104 cm³/mol. The number of hydrogen-bond acceptors (Lipinski definition) is 2. The number of nitrogens with one attached hydrogen (secondary N) is 1. The lowest BCUT2D eigenvalue weighted by molar-refractivity contribution is -0.121. The van der Waals surface area contributed by atoms with Crippen LogP contribution in [-0.2, 0) is 30.7 Å². The lowest BCUT2D eigenvalue weighted by Crippen LogP contribution is -2.23. The maximum atomic E-state index is 12.2. The lowest BCUT2D eigenvalue weighted by Gasteiger charge is -2.11. The Kier molecular flexibility index (Phi) is 6.20. The van der Waals surface area contributed by atoms with Gasteiger partial charge in [0.15, 0.2) is 0 Å². The van der Waals surface area contributed by atoms with E-state index in [9.17, 15) is 4.79 Å². The summed E-state index contributed by atoms with van der Waals surface area (Å²) in [6.07, 6.45) is 6.03. The number of aromatic nitrogens is 2. The third-order valence-corrected chi connectivity index (χ3v) is 4.56. The molecule has 0 spiro atoms. The Labute approximate surface area is 154 Å². The quantitative estimate of drug-likeness (QED) is 0.675. The van der Waals surface area contributed by atoms with Gasteiger partial charge in [0.1, 0.15) is 0 Å². The summed E-state index contributed by atoms with van der Waals surface area (Å²) in [4.78, 5) is 12.2. The van der Waals surface area contributed by atoms with E-state index in [1.807, 2.05) is 29.1 Å². The molecule has 0 fully saturated rings. The van der Waals surface area contributed by atoms with E-state index in [1.54, 1.807) is 6.20 Å². The molecular formula is C22H25N3O. The van der Waals surface area contributed by atoms with Crippen molar-refractivity contribution in [2.75, 3.05) is 0 Å². The first kappa shape index (κ1) is 17.9. The number of benzene rings is 2. The number of carbonyl (C=O) groups is 1. The largest absolute Gasteiger partial charge is 0.352 e. The van der Waals surface area contributed by atoms with Gasteiger partial charge in [-0.25, -0.2) is 0 Å². The van der Waals surface area contributed by atoms with Crippen molar-refractivity contribution in [1.29, 1.82) is 0 Å². The van der Waals surface area contributed by atoms with E-state index in [2.05, 4.69) is 53.7 Å². The number of amides is 1. The molecule has 134 valence electrons. The summed E-state index contributed by atoms with van der Waals surface area (Å²) in [7, 11) is 0. The molecular weight excluding hydrogens is 322 g/mol. The SMILES string of the molecule is CCc1ccc(CCC(=O)NCc2ccccc2Cn2cccn2)cc1. The summed E-state index contributed by atoms with van der Waals surface area (Å²) in [5.41, 5.74) is 4.83. The Morgan fingerprint density at radius 3 is 2.42 bits per heavy atom. The van der Waals surface area contributed by atoms with Crippen molar-refractivity contribution in [2.45, 2.75) is 39.3 Å². The summed E-state index contributed by atoms with van der Waals surface area (Å²) in [6, 6.07) is 18.6. The van der Waals surface area contributed by atoms with Gasteiger partial charge in [0.2, 0.25) is 5.91 Å². The van der Waals surface area contributed by atoms with Crippen molar-refractivity contribution < 1.29 is 4.79 Å². The Morgan fingerprint density at radius 1 is 1.00 bits per heavy atom. The molecule has 0 saturated carbocycles. The van der Waals surface area contributed by atoms with Crippen molar-refractivity contribution in [3.63, 3.8) is 0 Å². The van der Waals surface area contributed by atoms with Crippen LogP contribution < -0.4 is 5.32 Å². The highest BCUT2D eigenvalue weighted by Crippen LogP contribution is 2.11. The zero-order valence-electron chi connectivity index (χ0n) is 15.2. The van der Waals surface area contributed by atoms with Crippen LogP contribution in [-0.4, -0.2) is 15.7 Å². The first-order valence-electron chi connectivity index (χ1n) is 9.13. The van der Waals surface area contributed by atoms with Gasteiger partial charge in [-0.2, -0.15) is 5.10 Å². The van der Waals surface area contributed by atoms with Crippen LogP contribution in [0.15, 0.2) is 67.0 Å². The third kappa shape index (κ3) is 5.06. The Bertz CT molecular complexity index is 823. The van der Waals surface area contributed by atoms with Crippen LogP contribution in [0.2, 0.25) is 0 Å². The molecule has 0 bridgehead atoms. The zero-order valence-corrected chi connectivity index (χ0v) is 15.2. The van der Waals surface area contributed by atoms with Gasteiger partial charge in [-0.05, 0) is 41.2 Å².